The normalized spacial score (nSPS) is 12.9. The first-order valence-corrected chi connectivity index (χ1v) is 16.6. The summed E-state index contributed by atoms with van der Waals surface area (Å²) >= 11 is 0. The summed E-state index contributed by atoms with van der Waals surface area (Å²) in [5.41, 5.74) is 2.01. The highest BCUT2D eigenvalue weighted by Crippen LogP contribution is 2.09. The monoisotopic (exact) mass is 717 g/mol. The third-order valence-electron chi connectivity index (χ3n) is 7.59. The van der Waals surface area contributed by atoms with Crippen LogP contribution in [0.15, 0.2) is 91.0 Å². The van der Waals surface area contributed by atoms with E-state index in [1.54, 1.807) is 91.9 Å². The second-order valence-electron chi connectivity index (χ2n) is 11.8. The molecule has 15 nitrogen and oxygen atoms in total. The second kappa shape index (κ2) is 21.1. The molecule has 0 saturated carbocycles. The van der Waals surface area contributed by atoms with Gasteiger partial charge >= 0.3 is 18.0 Å². The van der Waals surface area contributed by atoms with Crippen molar-refractivity contribution in [2.75, 3.05) is 6.54 Å². The number of carbonyl (C=O) groups is 7. The van der Waals surface area contributed by atoms with Crippen LogP contribution < -0.4 is 26.6 Å². The lowest BCUT2D eigenvalue weighted by Crippen LogP contribution is -2.59. The second-order valence-corrected chi connectivity index (χ2v) is 11.8. The van der Waals surface area contributed by atoms with Crippen LogP contribution >= 0.6 is 0 Å². The number of carboxylic acid groups (broad SMARTS) is 2. The molecule has 0 aromatic heterocycles. The van der Waals surface area contributed by atoms with E-state index in [2.05, 4.69) is 26.6 Å². The maximum absolute atomic E-state index is 13.8. The quantitative estimate of drug-likeness (QED) is 0.0895. The predicted molar refractivity (Wildman–Crippen MR) is 187 cm³/mol. The molecule has 0 heterocycles. The molecule has 52 heavy (non-hydrogen) atoms. The molecule has 4 atom stereocenters. The van der Waals surface area contributed by atoms with Crippen molar-refractivity contribution >= 4 is 41.7 Å². The van der Waals surface area contributed by atoms with Crippen molar-refractivity contribution in [2.45, 2.75) is 69.8 Å². The summed E-state index contributed by atoms with van der Waals surface area (Å²) in [6, 6.07) is 20.3. The van der Waals surface area contributed by atoms with E-state index in [0.29, 0.717) is 17.5 Å². The maximum atomic E-state index is 13.8. The lowest BCUT2D eigenvalue weighted by atomic mass is 10.0. The van der Waals surface area contributed by atoms with Crippen LogP contribution in [0.1, 0.15) is 42.9 Å². The number of ether oxygens (including phenoxy) is 1. The summed E-state index contributed by atoms with van der Waals surface area (Å²) < 4.78 is 5.33. The summed E-state index contributed by atoms with van der Waals surface area (Å²) in [7, 11) is 0. The minimum Gasteiger partial charge on any atom is -0.481 e. The molecule has 3 rings (SSSR count). The number of hydrogen-bond donors (Lipinski definition) is 7. The molecule has 3 aromatic carbocycles. The number of aliphatic carboxylic acids is 2. The van der Waals surface area contributed by atoms with E-state index in [1.807, 2.05) is 6.07 Å². The van der Waals surface area contributed by atoms with Gasteiger partial charge in [0.15, 0.2) is 0 Å². The molecule has 5 amide bonds. The molecule has 0 aliphatic rings. The average molecular weight is 718 g/mol. The molecule has 0 aliphatic heterocycles. The minimum atomic E-state index is -1.76. The van der Waals surface area contributed by atoms with Crippen molar-refractivity contribution in [2.24, 2.45) is 0 Å². The van der Waals surface area contributed by atoms with Crippen LogP contribution in [-0.2, 0) is 53.0 Å². The van der Waals surface area contributed by atoms with Gasteiger partial charge in [0.05, 0.1) is 12.8 Å². The molecule has 0 unspecified atom stereocenters. The van der Waals surface area contributed by atoms with Gasteiger partial charge in [0, 0.05) is 19.4 Å². The molecule has 0 bridgehead atoms. The Kier molecular flexibility index (Phi) is 16.3. The lowest BCUT2D eigenvalue weighted by molar-refractivity contribution is -0.143. The Hall–Kier alpha value is -6.25. The maximum Gasteiger partial charge on any atom is 0.408 e. The molecule has 3 aromatic rings. The predicted octanol–water partition coefficient (Wildman–Crippen LogP) is 1.70. The Morgan fingerprint density at radius 2 is 0.923 bits per heavy atom. The first-order chi connectivity index (χ1) is 24.9. The number of carboxylic acids is 2. The number of amides is 5. The van der Waals surface area contributed by atoms with Crippen LogP contribution in [0.3, 0.4) is 0 Å². The number of carbonyl (C=O) groups excluding carboxylic acids is 5. The van der Waals surface area contributed by atoms with Gasteiger partial charge in [0.2, 0.25) is 23.6 Å². The van der Waals surface area contributed by atoms with Gasteiger partial charge < -0.3 is 41.5 Å². The number of alkyl carbamates (subject to hydrolysis) is 1. The van der Waals surface area contributed by atoms with E-state index >= 15 is 0 Å². The molecule has 15 heteroatoms. The summed E-state index contributed by atoms with van der Waals surface area (Å²) in [6.07, 6.45) is -2.17. The standard InChI is InChI=1S/C37H43N5O10/c1-2-18-38-33(47)29(21-31(43)44)40-36(50)30(22-32(45)46)41-34(48)27(19-24-12-6-3-7-13-24)39-35(49)28(20-25-14-8-4-9-15-25)42-37(51)52-23-26-16-10-5-11-17-26/h3-17,27-30H,2,18-23H2,1H3,(H,38,47)(H,39,49)(H,40,50)(H,41,48)(H,42,51)(H,43,44)(H,45,46)/t27-,28-,29-,30-/m0/s1. The molecule has 276 valence electrons. The van der Waals surface area contributed by atoms with Crippen LogP contribution in [0, 0.1) is 0 Å². The Bertz CT molecular complexity index is 1660. The van der Waals surface area contributed by atoms with E-state index in [0.717, 1.165) is 5.56 Å². The van der Waals surface area contributed by atoms with E-state index in [1.165, 1.54) is 0 Å². The third-order valence-corrected chi connectivity index (χ3v) is 7.59. The van der Waals surface area contributed by atoms with Crippen molar-refractivity contribution < 1.29 is 48.5 Å². The van der Waals surface area contributed by atoms with E-state index < -0.39 is 78.7 Å². The fourth-order valence-electron chi connectivity index (χ4n) is 4.98. The van der Waals surface area contributed by atoms with Gasteiger partial charge in [0.1, 0.15) is 30.8 Å². The smallest absolute Gasteiger partial charge is 0.408 e. The highest BCUT2D eigenvalue weighted by atomic mass is 16.5. The van der Waals surface area contributed by atoms with Crippen LogP contribution in [0.5, 0.6) is 0 Å². The third kappa shape index (κ3) is 14.3. The van der Waals surface area contributed by atoms with Crippen molar-refractivity contribution in [1.82, 2.24) is 26.6 Å². The Balaban J connectivity index is 1.84. The van der Waals surface area contributed by atoms with E-state index in [-0.39, 0.29) is 26.0 Å². The average Bonchev–Trinajstić information content (AvgIpc) is 3.12. The van der Waals surface area contributed by atoms with Gasteiger partial charge in [-0.25, -0.2) is 4.79 Å². The van der Waals surface area contributed by atoms with Gasteiger partial charge in [-0.15, -0.1) is 0 Å². The summed E-state index contributed by atoms with van der Waals surface area (Å²) in [5, 5.41) is 31.1. The molecular formula is C37H43N5O10. The van der Waals surface area contributed by atoms with Crippen molar-refractivity contribution in [3.05, 3.63) is 108 Å². The number of rotatable bonds is 20. The van der Waals surface area contributed by atoms with E-state index in [9.17, 15) is 43.8 Å². The molecule has 0 spiro atoms. The minimum absolute atomic E-state index is 0.0158. The Morgan fingerprint density at radius 1 is 0.538 bits per heavy atom. The number of hydrogen-bond acceptors (Lipinski definition) is 8. The van der Waals surface area contributed by atoms with Gasteiger partial charge in [-0.1, -0.05) is 97.9 Å². The molecule has 0 fully saturated rings. The van der Waals surface area contributed by atoms with Crippen LogP contribution in [0.25, 0.3) is 0 Å². The largest absolute Gasteiger partial charge is 0.481 e. The lowest BCUT2D eigenvalue weighted by Gasteiger charge is -2.26. The highest BCUT2D eigenvalue weighted by Gasteiger charge is 2.33. The highest BCUT2D eigenvalue weighted by molar-refractivity contribution is 5.97. The first kappa shape index (κ1) is 40.2. The molecule has 0 radical (unpaired) electrons. The van der Waals surface area contributed by atoms with Crippen molar-refractivity contribution in [1.29, 1.82) is 0 Å². The first-order valence-electron chi connectivity index (χ1n) is 16.6. The van der Waals surface area contributed by atoms with Crippen LogP contribution in [0.2, 0.25) is 0 Å². The Morgan fingerprint density at radius 3 is 1.37 bits per heavy atom. The SMILES string of the molecule is CCCNC(=O)[C@H](CC(=O)O)NC(=O)[C@H](CC(=O)O)NC(=O)[C@H](Cc1ccccc1)NC(=O)[C@H](Cc1ccccc1)NC(=O)OCc1ccccc1. The Labute approximate surface area is 300 Å². The van der Waals surface area contributed by atoms with Gasteiger partial charge in [0.25, 0.3) is 0 Å². The summed E-state index contributed by atoms with van der Waals surface area (Å²) in [5.74, 6) is -6.52. The number of nitrogens with one attached hydrogen (secondary N) is 5. The summed E-state index contributed by atoms with van der Waals surface area (Å²) in [4.78, 5) is 89.5. The van der Waals surface area contributed by atoms with Crippen molar-refractivity contribution in [3.8, 4) is 0 Å². The fourth-order valence-corrected chi connectivity index (χ4v) is 4.98. The van der Waals surface area contributed by atoms with Gasteiger partial charge in [-0.2, -0.15) is 0 Å². The van der Waals surface area contributed by atoms with Gasteiger partial charge in [-0.3, -0.25) is 28.8 Å². The van der Waals surface area contributed by atoms with Crippen molar-refractivity contribution in [3.63, 3.8) is 0 Å². The van der Waals surface area contributed by atoms with Gasteiger partial charge in [-0.05, 0) is 23.1 Å². The molecule has 0 aliphatic carbocycles. The van der Waals surface area contributed by atoms with Crippen LogP contribution in [-0.4, -0.2) is 82.6 Å². The topological polar surface area (TPSA) is 229 Å². The van der Waals surface area contributed by atoms with E-state index in [4.69, 9.17) is 4.74 Å². The zero-order chi connectivity index (χ0) is 37.9. The fraction of sp³-hybridized carbons (Fsp3) is 0.324. The molecule has 7 N–H and O–H groups in total. The zero-order valence-corrected chi connectivity index (χ0v) is 28.6. The van der Waals surface area contributed by atoms with Crippen LogP contribution in [0.4, 0.5) is 4.79 Å². The zero-order valence-electron chi connectivity index (χ0n) is 28.6. The summed E-state index contributed by atoms with van der Waals surface area (Å²) in [6.45, 7) is 1.91. The molecule has 0 saturated heterocycles. The number of benzene rings is 3. The molecular weight excluding hydrogens is 674 g/mol.